The Balaban J connectivity index is 1.14. The summed E-state index contributed by atoms with van der Waals surface area (Å²) in [4.78, 5) is 44.6. The molecule has 238 valence electrons. The van der Waals surface area contributed by atoms with Crippen molar-refractivity contribution in [3.63, 3.8) is 0 Å². The maximum absolute atomic E-state index is 14.3. The molecule has 0 saturated carbocycles. The fraction of sp³-hybridized carbons (Fsp3) is 0.0750. The first-order chi connectivity index (χ1) is 24.0. The first kappa shape index (κ1) is 30.8. The van der Waals surface area contributed by atoms with Crippen molar-refractivity contribution in [3.05, 3.63) is 161 Å². The van der Waals surface area contributed by atoms with E-state index < -0.39 is 17.9 Å². The zero-order valence-corrected chi connectivity index (χ0v) is 27.6. The smallest absolute Gasteiger partial charge is 0.262 e. The molecule has 0 fully saturated rings. The summed E-state index contributed by atoms with van der Waals surface area (Å²) in [6, 6.07) is 40.8. The number of amides is 2. The number of rotatable bonds is 8. The second-order valence-electron chi connectivity index (χ2n) is 11.7. The third-order valence-corrected chi connectivity index (χ3v) is 10.6. The number of fused-ring (bicyclic) bond motifs is 3. The van der Waals surface area contributed by atoms with Gasteiger partial charge in [-0.1, -0.05) is 96.7 Å². The Hall–Kier alpha value is -5.51. The lowest BCUT2D eigenvalue weighted by molar-refractivity contribution is -0.114. The third kappa shape index (κ3) is 6.14. The van der Waals surface area contributed by atoms with E-state index >= 15 is 0 Å². The van der Waals surface area contributed by atoms with Gasteiger partial charge in [-0.2, -0.15) is 0 Å². The van der Waals surface area contributed by atoms with E-state index in [1.54, 1.807) is 36.0 Å². The Morgan fingerprint density at radius 3 is 2.06 bits per heavy atom. The maximum atomic E-state index is 14.3. The minimum atomic E-state index is -1.05. The largest absolute Gasteiger partial charge is 0.455 e. The van der Waals surface area contributed by atoms with Crippen LogP contribution in [0.4, 0.5) is 0 Å². The Kier molecular flexibility index (Phi) is 8.29. The summed E-state index contributed by atoms with van der Waals surface area (Å²) in [7, 11) is 0. The highest BCUT2D eigenvalue weighted by Crippen LogP contribution is 2.48. The van der Waals surface area contributed by atoms with Gasteiger partial charge in [0.25, 0.3) is 11.8 Å². The monoisotopic (exact) mass is 677 g/mol. The number of ether oxygens (including phenoxy) is 1. The quantitative estimate of drug-likeness (QED) is 0.117. The second-order valence-corrected chi connectivity index (χ2v) is 13.8. The summed E-state index contributed by atoms with van der Waals surface area (Å²) < 4.78 is 6.13. The minimum Gasteiger partial charge on any atom is -0.455 e. The van der Waals surface area contributed by atoms with Crippen molar-refractivity contribution in [3.8, 4) is 22.8 Å². The molecule has 9 heteroatoms. The molecule has 0 radical (unpaired) electrons. The molecular formula is C40H27N3O4S2. The van der Waals surface area contributed by atoms with Crippen molar-refractivity contribution in [2.75, 3.05) is 0 Å². The van der Waals surface area contributed by atoms with Crippen LogP contribution in [0, 0.1) is 0 Å². The van der Waals surface area contributed by atoms with Crippen LogP contribution >= 0.6 is 23.5 Å². The summed E-state index contributed by atoms with van der Waals surface area (Å²) in [5.41, 5.74) is 4.81. The van der Waals surface area contributed by atoms with Crippen LogP contribution in [-0.4, -0.2) is 38.1 Å². The standard InChI is InChI=1S/C40H27N3O4S2/c44-38-29-15-7-8-16-30(29)39(45)43(38)32(22-26-13-5-2-6-14-26)40(46)49-37-28(21-25-11-3-1-4-12-25)23-31(41-42-37)27-19-20-34-36(24-27)48-35-18-10-9-17-33(35)47-34/h1-20,23-24,32H,21-22H2. The number of nitrogens with zero attached hydrogens (tertiary/aromatic N) is 3. The molecule has 2 aliphatic rings. The predicted molar refractivity (Wildman–Crippen MR) is 189 cm³/mol. The van der Waals surface area contributed by atoms with E-state index in [1.807, 2.05) is 109 Å². The van der Waals surface area contributed by atoms with Gasteiger partial charge in [0, 0.05) is 18.4 Å². The lowest BCUT2D eigenvalue weighted by Crippen LogP contribution is -2.45. The van der Waals surface area contributed by atoms with Gasteiger partial charge in [0.2, 0.25) is 5.12 Å². The van der Waals surface area contributed by atoms with Crippen LogP contribution in [0.5, 0.6) is 11.5 Å². The Labute approximate surface area is 291 Å². The molecule has 1 atom stereocenters. The van der Waals surface area contributed by atoms with Gasteiger partial charge in [-0.3, -0.25) is 19.3 Å². The first-order valence-corrected chi connectivity index (χ1v) is 17.4. The van der Waals surface area contributed by atoms with Gasteiger partial charge in [-0.25, -0.2) is 0 Å². The molecule has 0 spiro atoms. The molecule has 1 unspecified atom stereocenters. The van der Waals surface area contributed by atoms with Crippen LogP contribution in [0.15, 0.2) is 148 Å². The molecule has 7 nitrogen and oxygen atoms in total. The van der Waals surface area contributed by atoms with Gasteiger partial charge in [0.1, 0.15) is 22.6 Å². The molecule has 3 heterocycles. The van der Waals surface area contributed by atoms with E-state index in [4.69, 9.17) is 4.74 Å². The zero-order chi connectivity index (χ0) is 33.3. The summed E-state index contributed by atoms with van der Waals surface area (Å²) in [5.74, 6) is 0.660. The third-order valence-electron chi connectivity index (χ3n) is 8.48. The molecule has 5 aromatic carbocycles. The number of benzene rings is 5. The lowest BCUT2D eigenvalue weighted by atomic mass is 10.0. The number of thioether (sulfide) groups is 1. The van der Waals surface area contributed by atoms with Gasteiger partial charge < -0.3 is 4.74 Å². The van der Waals surface area contributed by atoms with Gasteiger partial charge in [0.05, 0.1) is 26.6 Å². The van der Waals surface area contributed by atoms with Crippen molar-refractivity contribution in [1.82, 2.24) is 15.1 Å². The van der Waals surface area contributed by atoms with Crippen LogP contribution in [0.1, 0.15) is 37.4 Å². The zero-order valence-electron chi connectivity index (χ0n) is 26.0. The summed E-state index contributed by atoms with van der Waals surface area (Å²) in [6.45, 7) is 0. The average Bonchev–Trinajstić information content (AvgIpc) is 3.39. The van der Waals surface area contributed by atoms with E-state index in [-0.39, 0.29) is 11.5 Å². The van der Waals surface area contributed by atoms with Gasteiger partial charge in [-0.15, -0.1) is 10.2 Å². The number of aromatic nitrogens is 2. The fourth-order valence-corrected chi connectivity index (χ4v) is 7.90. The fourth-order valence-electron chi connectivity index (χ4n) is 6.05. The molecule has 0 bridgehead atoms. The molecule has 0 N–H and O–H groups in total. The number of hydrogen-bond acceptors (Lipinski definition) is 8. The van der Waals surface area contributed by atoms with Crippen molar-refractivity contribution in [2.45, 2.75) is 33.7 Å². The Morgan fingerprint density at radius 1 is 0.694 bits per heavy atom. The number of para-hydroxylation sites is 1. The Morgan fingerprint density at radius 2 is 1.33 bits per heavy atom. The topological polar surface area (TPSA) is 89.5 Å². The van der Waals surface area contributed by atoms with Crippen molar-refractivity contribution >= 4 is 40.5 Å². The molecule has 1 aromatic heterocycles. The van der Waals surface area contributed by atoms with E-state index in [9.17, 15) is 14.4 Å². The molecule has 8 rings (SSSR count). The molecular weight excluding hydrogens is 651 g/mol. The summed E-state index contributed by atoms with van der Waals surface area (Å²) >= 11 is 2.56. The molecule has 6 aromatic rings. The van der Waals surface area contributed by atoms with Crippen LogP contribution < -0.4 is 4.74 Å². The number of imide groups is 1. The summed E-state index contributed by atoms with van der Waals surface area (Å²) in [5, 5.41) is 9.24. The van der Waals surface area contributed by atoms with Crippen molar-refractivity contribution in [2.24, 2.45) is 0 Å². The molecule has 2 aliphatic heterocycles. The Bertz CT molecular complexity index is 2210. The minimum absolute atomic E-state index is 0.176. The maximum Gasteiger partial charge on any atom is 0.262 e. The number of hydrogen-bond donors (Lipinski definition) is 0. The van der Waals surface area contributed by atoms with Gasteiger partial charge >= 0.3 is 0 Å². The van der Waals surface area contributed by atoms with E-state index in [1.165, 1.54) is 0 Å². The van der Waals surface area contributed by atoms with E-state index in [0.717, 1.165) is 60.2 Å². The average molecular weight is 678 g/mol. The van der Waals surface area contributed by atoms with Crippen LogP contribution in [0.2, 0.25) is 0 Å². The molecule has 2 amide bonds. The van der Waals surface area contributed by atoms with Gasteiger partial charge in [0.15, 0.2) is 0 Å². The van der Waals surface area contributed by atoms with Crippen LogP contribution in [-0.2, 0) is 17.6 Å². The van der Waals surface area contributed by atoms with E-state index in [2.05, 4.69) is 10.2 Å². The van der Waals surface area contributed by atoms with Crippen molar-refractivity contribution < 1.29 is 19.1 Å². The number of carbonyl (C=O) groups excluding carboxylic acids is 3. The highest BCUT2D eigenvalue weighted by Gasteiger charge is 2.43. The van der Waals surface area contributed by atoms with Crippen LogP contribution in [0.3, 0.4) is 0 Å². The predicted octanol–water partition coefficient (Wildman–Crippen LogP) is 8.52. The van der Waals surface area contributed by atoms with Crippen LogP contribution in [0.25, 0.3) is 11.3 Å². The second kappa shape index (κ2) is 13.2. The lowest BCUT2D eigenvalue weighted by Gasteiger charge is -2.25. The summed E-state index contributed by atoms with van der Waals surface area (Å²) in [6.07, 6.45) is 0.682. The highest BCUT2D eigenvalue weighted by molar-refractivity contribution is 8.13. The molecule has 49 heavy (non-hydrogen) atoms. The van der Waals surface area contributed by atoms with E-state index in [0.29, 0.717) is 28.3 Å². The highest BCUT2D eigenvalue weighted by atomic mass is 32.2. The molecule has 0 aliphatic carbocycles. The number of carbonyl (C=O) groups is 3. The normalized spacial score (nSPS) is 13.7. The molecule has 0 saturated heterocycles. The van der Waals surface area contributed by atoms with Crippen molar-refractivity contribution in [1.29, 1.82) is 0 Å². The SMILES string of the molecule is O=C(Sc1nnc(-c2ccc3c(c2)Sc2ccccc2O3)cc1Cc1ccccc1)C(Cc1ccccc1)N1C(=O)c2ccccc2C1=O. The first-order valence-electron chi connectivity index (χ1n) is 15.7. The van der Waals surface area contributed by atoms with Gasteiger partial charge in [-0.05, 0) is 77.0 Å².